The number of cyclic esters (lactones) is 1. The van der Waals surface area contributed by atoms with E-state index >= 15 is 0 Å². The molecule has 0 aliphatic carbocycles. The number of hydrogen-bond acceptors (Lipinski definition) is 3. The van der Waals surface area contributed by atoms with Crippen LogP contribution in [0.1, 0.15) is 18.4 Å². The molecule has 1 fully saturated rings. The molecule has 0 bridgehead atoms. The molecular formula is C13H12Cl2O3. The van der Waals surface area contributed by atoms with Gasteiger partial charge in [-0.1, -0.05) is 35.3 Å². The Balaban J connectivity index is 2.08. The van der Waals surface area contributed by atoms with E-state index in [0.29, 0.717) is 16.5 Å². The van der Waals surface area contributed by atoms with E-state index in [4.69, 9.17) is 27.9 Å². The Labute approximate surface area is 115 Å². The minimum atomic E-state index is -0.637. The van der Waals surface area contributed by atoms with E-state index in [0.717, 1.165) is 5.56 Å². The highest BCUT2D eigenvalue weighted by Crippen LogP contribution is 2.23. The van der Waals surface area contributed by atoms with Crippen molar-refractivity contribution < 1.29 is 14.6 Å². The molecule has 5 heteroatoms. The zero-order valence-electron chi connectivity index (χ0n) is 9.48. The molecular weight excluding hydrogens is 275 g/mol. The third-order valence-electron chi connectivity index (χ3n) is 2.64. The van der Waals surface area contributed by atoms with Crippen LogP contribution in [0.5, 0.6) is 0 Å². The zero-order valence-corrected chi connectivity index (χ0v) is 11.0. The Hall–Kier alpha value is -1.03. The van der Waals surface area contributed by atoms with Crippen molar-refractivity contribution in [3.8, 4) is 0 Å². The summed E-state index contributed by atoms with van der Waals surface area (Å²) in [5.41, 5.74) is 0.789. The first-order valence-corrected chi connectivity index (χ1v) is 6.31. The van der Waals surface area contributed by atoms with Crippen molar-refractivity contribution in [1.29, 1.82) is 0 Å². The molecule has 18 heavy (non-hydrogen) atoms. The predicted molar refractivity (Wildman–Crippen MR) is 70.6 cm³/mol. The number of aliphatic hydroxyl groups excluding tert-OH is 1. The third-order valence-corrected chi connectivity index (χ3v) is 3.20. The Morgan fingerprint density at radius 3 is 2.83 bits per heavy atom. The molecule has 0 unspecified atom stereocenters. The fraction of sp³-hybridized carbons (Fsp3) is 0.308. The molecule has 2 rings (SSSR count). The van der Waals surface area contributed by atoms with Gasteiger partial charge in [-0.25, -0.2) is 0 Å². The van der Waals surface area contributed by atoms with E-state index in [-0.39, 0.29) is 12.4 Å². The van der Waals surface area contributed by atoms with Crippen molar-refractivity contribution in [1.82, 2.24) is 0 Å². The molecule has 0 radical (unpaired) electrons. The molecule has 0 amide bonds. The summed E-state index contributed by atoms with van der Waals surface area (Å²) < 4.78 is 5.09. The lowest BCUT2D eigenvalue weighted by molar-refractivity contribution is -0.156. The smallest absolute Gasteiger partial charge is 0.309 e. The van der Waals surface area contributed by atoms with Gasteiger partial charge in [-0.2, -0.15) is 0 Å². The Morgan fingerprint density at radius 1 is 1.39 bits per heavy atom. The minimum Gasteiger partial charge on any atom is -0.458 e. The predicted octanol–water partition coefficient (Wildman–Crippen LogP) is 3.07. The molecule has 1 aliphatic heterocycles. The number of ether oxygens (including phenoxy) is 1. The van der Waals surface area contributed by atoms with Gasteiger partial charge in [0.15, 0.2) is 0 Å². The third kappa shape index (κ3) is 3.48. The van der Waals surface area contributed by atoms with Crippen LogP contribution in [-0.4, -0.2) is 23.3 Å². The average molecular weight is 287 g/mol. The molecule has 1 aromatic rings. The van der Waals surface area contributed by atoms with Gasteiger partial charge in [0.2, 0.25) is 0 Å². The number of benzene rings is 1. The highest BCUT2D eigenvalue weighted by atomic mass is 35.5. The maximum atomic E-state index is 11.1. The lowest BCUT2D eigenvalue weighted by atomic mass is 10.0. The molecule has 0 saturated carbocycles. The van der Waals surface area contributed by atoms with E-state index in [9.17, 15) is 9.90 Å². The maximum Gasteiger partial charge on any atom is 0.309 e. The molecule has 2 atom stereocenters. The Kier molecular flexibility index (Phi) is 4.27. The lowest BCUT2D eigenvalue weighted by Gasteiger charge is -2.23. The van der Waals surface area contributed by atoms with Gasteiger partial charge in [0.25, 0.3) is 0 Å². The first-order chi connectivity index (χ1) is 8.54. The number of carbonyl (C=O) groups excluding carboxylic acids is 1. The van der Waals surface area contributed by atoms with Crippen LogP contribution in [0.15, 0.2) is 24.3 Å². The van der Waals surface area contributed by atoms with E-state index in [1.165, 1.54) is 0 Å². The number of rotatable bonds is 2. The van der Waals surface area contributed by atoms with E-state index < -0.39 is 12.2 Å². The van der Waals surface area contributed by atoms with Crippen LogP contribution in [-0.2, 0) is 9.53 Å². The van der Waals surface area contributed by atoms with Gasteiger partial charge in [-0.15, -0.1) is 0 Å². The molecule has 0 aromatic heterocycles. The number of aliphatic hydroxyl groups is 1. The lowest BCUT2D eigenvalue weighted by Crippen LogP contribution is -2.31. The van der Waals surface area contributed by atoms with Crippen LogP contribution in [0, 0.1) is 0 Å². The van der Waals surface area contributed by atoms with Crippen molar-refractivity contribution in [2.75, 3.05) is 0 Å². The van der Waals surface area contributed by atoms with Crippen LogP contribution < -0.4 is 0 Å². The molecule has 0 spiro atoms. The first kappa shape index (κ1) is 13.4. The highest BCUT2D eigenvalue weighted by Gasteiger charge is 2.25. The summed E-state index contributed by atoms with van der Waals surface area (Å²) in [4.78, 5) is 11.1. The van der Waals surface area contributed by atoms with Crippen LogP contribution in [0.4, 0.5) is 0 Å². The van der Waals surface area contributed by atoms with Gasteiger partial charge in [0.1, 0.15) is 6.10 Å². The Bertz CT molecular complexity index is 485. The summed E-state index contributed by atoms with van der Waals surface area (Å²) in [5.74, 6) is -0.384. The van der Waals surface area contributed by atoms with Gasteiger partial charge < -0.3 is 9.84 Å². The second kappa shape index (κ2) is 5.74. The zero-order chi connectivity index (χ0) is 13.1. The summed E-state index contributed by atoms with van der Waals surface area (Å²) in [5, 5.41) is 10.6. The van der Waals surface area contributed by atoms with Crippen molar-refractivity contribution in [2.45, 2.75) is 25.0 Å². The fourth-order valence-corrected chi connectivity index (χ4v) is 2.25. The summed E-state index contributed by atoms with van der Waals surface area (Å²) >= 11 is 11.8. The first-order valence-electron chi connectivity index (χ1n) is 5.55. The van der Waals surface area contributed by atoms with Crippen molar-refractivity contribution >= 4 is 35.2 Å². The second-order valence-electron chi connectivity index (χ2n) is 4.15. The number of hydrogen-bond donors (Lipinski definition) is 1. The summed E-state index contributed by atoms with van der Waals surface area (Å²) in [6.45, 7) is 0. The van der Waals surface area contributed by atoms with Crippen LogP contribution in [0.25, 0.3) is 6.08 Å². The second-order valence-corrected chi connectivity index (χ2v) is 4.99. The molecule has 96 valence electrons. The van der Waals surface area contributed by atoms with Crippen LogP contribution in [0.3, 0.4) is 0 Å². The standard InChI is InChI=1S/C13H12Cl2O3/c14-9-3-1-8(12(15)5-9)2-4-11-6-10(16)7-13(17)18-11/h1-5,10-11,16H,6-7H2/t10-,11-/m1/s1. The number of esters is 1. The molecule has 3 nitrogen and oxygen atoms in total. The molecule has 1 heterocycles. The fourth-order valence-electron chi connectivity index (χ4n) is 1.77. The highest BCUT2D eigenvalue weighted by molar-refractivity contribution is 6.35. The molecule has 1 saturated heterocycles. The van der Waals surface area contributed by atoms with Gasteiger partial charge in [0, 0.05) is 16.5 Å². The SMILES string of the molecule is O=C1C[C@H](O)C[C@@H](C=Cc2ccc(Cl)cc2Cl)O1. The number of carbonyl (C=O) groups is 1. The quantitative estimate of drug-likeness (QED) is 0.850. The van der Waals surface area contributed by atoms with Crippen molar-refractivity contribution in [3.63, 3.8) is 0 Å². The van der Waals surface area contributed by atoms with Crippen molar-refractivity contribution in [3.05, 3.63) is 39.9 Å². The summed E-state index contributed by atoms with van der Waals surface area (Å²) in [6.07, 6.45) is 2.90. The summed E-state index contributed by atoms with van der Waals surface area (Å²) in [6, 6.07) is 5.15. The van der Waals surface area contributed by atoms with Gasteiger partial charge in [-0.3, -0.25) is 4.79 Å². The van der Waals surface area contributed by atoms with Crippen LogP contribution >= 0.6 is 23.2 Å². The molecule has 1 aliphatic rings. The van der Waals surface area contributed by atoms with Gasteiger partial charge >= 0.3 is 5.97 Å². The van der Waals surface area contributed by atoms with Crippen LogP contribution in [0.2, 0.25) is 10.0 Å². The summed E-state index contributed by atoms with van der Waals surface area (Å²) in [7, 11) is 0. The maximum absolute atomic E-state index is 11.1. The Morgan fingerprint density at radius 2 is 2.17 bits per heavy atom. The van der Waals surface area contributed by atoms with E-state index in [1.54, 1.807) is 30.4 Å². The van der Waals surface area contributed by atoms with E-state index in [1.807, 2.05) is 0 Å². The molecule has 1 aromatic carbocycles. The van der Waals surface area contributed by atoms with E-state index in [2.05, 4.69) is 0 Å². The topological polar surface area (TPSA) is 46.5 Å². The average Bonchev–Trinajstić information content (AvgIpc) is 2.26. The van der Waals surface area contributed by atoms with Gasteiger partial charge in [-0.05, 0) is 23.8 Å². The van der Waals surface area contributed by atoms with Crippen molar-refractivity contribution in [2.24, 2.45) is 0 Å². The normalized spacial score (nSPS) is 24.3. The monoisotopic (exact) mass is 286 g/mol. The van der Waals surface area contributed by atoms with Gasteiger partial charge in [0.05, 0.1) is 12.5 Å². The minimum absolute atomic E-state index is 0.0615. The largest absolute Gasteiger partial charge is 0.458 e. The molecule has 1 N–H and O–H groups in total. The number of halogens is 2.